The maximum Gasteiger partial charge on any atom is 0.251 e. The molecule has 2 aromatic rings. The first-order valence-corrected chi connectivity index (χ1v) is 10.1. The van der Waals surface area contributed by atoms with Crippen molar-refractivity contribution < 1.29 is 14.3 Å². The molecule has 30 heavy (non-hydrogen) atoms. The number of amides is 2. The second-order valence-electron chi connectivity index (χ2n) is 8.76. The highest BCUT2D eigenvalue weighted by atomic mass is 16.5. The molecular weight excluding hydrogens is 378 g/mol. The van der Waals surface area contributed by atoms with E-state index in [2.05, 4.69) is 31.1 Å². The highest BCUT2D eigenvalue weighted by Gasteiger charge is 2.22. The number of carbonyl (C=O) groups is 2. The second kappa shape index (κ2) is 9.28. The van der Waals surface area contributed by atoms with Crippen LogP contribution < -0.4 is 10.1 Å². The number of carbonyl (C=O) groups excluding carboxylic acids is 2. The Labute approximate surface area is 179 Å². The first-order chi connectivity index (χ1) is 14.0. The molecule has 0 spiro atoms. The molecule has 0 aliphatic rings. The van der Waals surface area contributed by atoms with Gasteiger partial charge >= 0.3 is 0 Å². The molecular formula is C24H33N3O3. The van der Waals surface area contributed by atoms with Gasteiger partial charge in [0.2, 0.25) is 5.91 Å². The van der Waals surface area contributed by atoms with Crippen molar-refractivity contribution in [2.75, 3.05) is 14.2 Å². The van der Waals surface area contributed by atoms with Crippen LogP contribution in [0.4, 0.5) is 0 Å². The minimum Gasteiger partial charge on any atom is -0.496 e. The Morgan fingerprint density at radius 2 is 1.77 bits per heavy atom. The standard InChI is InChI=1S/C24H33N3O3/c1-15-13-25-20(16(2)21(15)30-8)14-27(7)23(29)17(3)26-22(28)18-9-11-19(12-10-18)24(4,5)6/h9-13,17H,14H2,1-8H3,(H,26,28). The Morgan fingerprint density at radius 1 is 1.17 bits per heavy atom. The zero-order chi connectivity index (χ0) is 22.6. The third-order valence-electron chi connectivity index (χ3n) is 5.24. The SMILES string of the molecule is COc1c(C)cnc(CN(C)C(=O)C(C)NC(=O)c2ccc(C(C)(C)C)cc2)c1C. The lowest BCUT2D eigenvalue weighted by atomic mass is 9.86. The normalized spacial score (nSPS) is 12.3. The fraction of sp³-hybridized carbons (Fsp3) is 0.458. The monoisotopic (exact) mass is 411 g/mol. The maximum atomic E-state index is 12.8. The van der Waals surface area contributed by atoms with Gasteiger partial charge in [-0.3, -0.25) is 14.6 Å². The quantitative estimate of drug-likeness (QED) is 0.785. The van der Waals surface area contributed by atoms with Crippen molar-refractivity contribution in [1.29, 1.82) is 0 Å². The van der Waals surface area contributed by atoms with Crippen molar-refractivity contribution >= 4 is 11.8 Å². The molecule has 0 aliphatic heterocycles. The van der Waals surface area contributed by atoms with Crippen LogP contribution in [0.15, 0.2) is 30.5 Å². The van der Waals surface area contributed by atoms with Gasteiger partial charge in [0.25, 0.3) is 5.91 Å². The molecule has 1 atom stereocenters. The summed E-state index contributed by atoms with van der Waals surface area (Å²) < 4.78 is 5.44. The Morgan fingerprint density at radius 3 is 2.30 bits per heavy atom. The maximum absolute atomic E-state index is 12.8. The van der Waals surface area contributed by atoms with Crippen LogP contribution >= 0.6 is 0 Å². The molecule has 0 radical (unpaired) electrons. The van der Waals surface area contributed by atoms with Crippen LogP contribution in [-0.2, 0) is 16.8 Å². The average Bonchev–Trinajstić information content (AvgIpc) is 2.69. The predicted octanol–water partition coefficient (Wildman–Crippen LogP) is 3.78. The predicted molar refractivity (Wildman–Crippen MR) is 119 cm³/mol. The molecule has 6 nitrogen and oxygen atoms in total. The number of hydrogen-bond donors (Lipinski definition) is 1. The molecule has 0 aliphatic carbocycles. The number of methoxy groups -OCH3 is 1. The summed E-state index contributed by atoms with van der Waals surface area (Å²) in [5.74, 6) is 0.326. The molecule has 1 aromatic heterocycles. The summed E-state index contributed by atoms with van der Waals surface area (Å²) in [6, 6.07) is 6.84. The zero-order valence-corrected chi connectivity index (χ0v) is 19.3. The molecule has 2 amide bonds. The van der Waals surface area contributed by atoms with Crippen LogP contribution in [0.25, 0.3) is 0 Å². The van der Waals surface area contributed by atoms with Crippen molar-refractivity contribution in [3.63, 3.8) is 0 Å². The van der Waals surface area contributed by atoms with Gasteiger partial charge in [-0.25, -0.2) is 0 Å². The number of aromatic nitrogens is 1. The van der Waals surface area contributed by atoms with Gasteiger partial charge in [-0.2, -0.15) is 0 Å². The third-order valence-corrected chi connectivity index (χ3v) is 5.24. The number of hydrogen-bond acceptors (Lipinski definition) is 4. The van der Waals surface area contributed by atoms with E-state index in [-0.39, 0.29) is 17.2 Å². The van der Waals surface area contributed by atoms with E-state index in [4.69, 9.17) is 4.74 Å². The van der Waals surface area contributed by atoms with E-state index in [9.17, 15) is 9.59 Å². The van der Waals surface area contributed by atoms with Crippen molar-refractivity contribution in [3.8, 4) is 5.75 Å². The van der Waals surface area contributed by atoms with E-state index >= 15 is 0 Å². The summed E-state index contributed by atoms with van der Waals surface area (Å²) in [6.45, 7) is 12.3. The smallest absolute Gasteiger partial charge is 0.251 e. The number of rotatable bonds is 6. The highest BCUT2D eigenvalue weighted by molar-refractivity contribution is 5.97. The number of nitrogens with zero attached hydrogens (tertiary/aromatic N) is 2. The van der Waals surface area contributed by atoms with Gasteiger partial charge in [0.1, 0.15) is 11.8 Å². The van der Waals surface area contributed by atoms with Crippen LogP contribution in [0.3, 0.4) is 0 Å². The molecule has 0 saturated carbocycles. The molecule has 1 unspecified atom stereocenters. The summed E-state index contributed by atoms with van der Waals surface area (Å²) >= 11 is 0. The topological polar surface area (TPSA) is 71.5 Å². The van der Waals surface area contributed by atoms with Crippen LogP contribution in [-0.4, -0.2) is 41.9 Å². The molecule has 0 saturated heterocycles. The molecule has 6 heteroatoms. The van der Waals surface area contributed by atoms with E-state index in [1.807, 2.05) is 26.0 Å². The number of aryl methyl sites for hydroxylation is 1. The third kappa shape index (κ3) is 5.38. The Bertz CT molecular complexity index is 915. The number of benzene rings is 1. The fourth-order valence-corrected chi connectivity index (χ4v) is 3.33. The van der Waals surface area contributed by atoms with Gasteiger partial charge in [0.15, 0.2) is 0 Å². The first-order valence-electron chi connectivity index (χ1n) is 10.1. The minimum atomic E-state index is -0.655. The van der Waals surface area contributed by atoms with Crippen LogP contribution in [0, 0.1) is 13.8 Å². The fourth-order valence-electron chi connectivity index (χ4n) is 3.33. The molecule has 1 heterocycles. The molecule has 0 fully saturated rings. The van der Waals surface area contributed by atoms with E-state index in [0.717, 1.165) is 28.1 Å². The van der Waals surface area contributed by atoms with Gasteiger partial charge < -0.3 is 15.0 Å². The Balaban J connectivity index is 2.04. The number of ether oxygens (including phenoxy) is 1. The number of likely N-dealkylation sites (N-methyl/N-ethyl adjacent to an activating group) is 1. The van der Waals surface area contributed by atoms with Crippen LogP contribution in [0.1, 0.15) is 60.4 Å². The lowest BCUT2D eigenvalue weighted by Gasteiger charge is -2.23. The Kier molecular flexibility index (Phi) is 7.24. The highest BCUT2D eigenvalue weighted by Crippen LogP contribution is 2.25. The summed E-state index contributed by atoms with van der Waals surface area (Å²) in [5.41, 5.74) is 4.33. The molecule has 2 rings (SSSR count). The van der Waals surface area contributed by atoms with Gasteiger partial charge in [-0.15, -0.1) is 0 Å². The average molecular weight is 412 g/mol. The summed E-state index contributed by atoms with van der Waals surface area (Å²) in [5, 5.41) is 2.79. The van der Waals surface area contributed by atoms with Gasteiger partial charge in [0.05, 0.1) is 19.3 Å². The molecule has 162 valence electrons. The van der Waals surface area contributed by atoms with E-state index in [0.29, 0.717) is 12.1 Å². The second-order valence-corrected chi connectivity index (χ2v) is 8.76. The largest absolute Gasteiger partial charge is 0.496 e. The zero-order valence-electron chi connectivity index (χ0n) is 19.3. The number of pyridine rings is 1. The van der Waals surface area contributed by atoms with Gasteiger partial charge in [-0.1, -0.05) is 32.9 Å². The van der Waals surface area contributed by atoms with Crippen molar-refractivity contribution in [2.45, 2.75) is 59.5 Å². The van der Waals surface area contributed by atoms with Crippen molar-refractivity contribution in [1.82, 2.24) is 15.2 Å². The van der Waals surface area contributed by atoms with E-state index < -0.39 is 6.04 Å². The van der Waals surface area contributed by atoms with E-state index in [1.54, 1.807) is 44.3 Å². The van der Waals surface area contributed by atoms with E-state index in [1.165, 1.54) is 0 Å². The molecule has 1 aromatic carbocycles. The van der Waals surface area contributed by atoms with Crippen LogP contribution in [0.2, 0.25) is 0 Å². The summed E-state index contributed by atoms with van der Waals surface area (Å²) in [6.07, 6.45) is 1.74. The van der Waals surface area contributed by atoms with Gasteiger partial charge in [0, 0.05) is 29.9 Å². The minimum absolute atomic E-state index is 0.0196. The van der Waals surface area contributed by atoms with Crippen LogP contribution in [0.5, 0.6) is 5.75 Å². The summed E-state index contributed by atoms with van der Waals surface area (Å²) in [4.78, 5) is 31.4. The lowest BCUT2D eigenvalue weighted by Crippen LogP contribution is -2.45. The molecule has 0 bridgehead atoms. The lowest BCUT2D eigenvalue weighted by molar-refractivity contribution is -0.132. The Hall–Kier alpha value is -2.89. The summed E-state index contributed by atoms with van der Waals surface area (Å²) in [7, 11) is 3.33. The first kappa shape index (κ1) is 23.4. The van der Waals surface area contributed by atoms with Gasteiger partial charge in [-0.05, 0) is 43.9 Å². The van der Waals surface area contributed by atoms with Crippen molar-refractivity contribution in [3.05, 3.63) is 58.4 Å². The molecule has 1 N–H and O–H groups in total. The van der Waals surface area contributed by atoms with Crippen molar-refractivity contribution in [2.24, 2.45) is 0 Å². The number of nitrogens with one attached hydrogen (secondary N) is 1.